The van der Waals surface area contributed by atoms with Crippen LogP contribution in [0.3, 0.4) is 0 Å². The minimum Gasteiger partial charge on any atom is -0.481 e. The first-order chi connectivity index (χ1) is 7.00. The van der Waals surface area contributed by atoms with Crippen LogP contribution in [0, 0.1) is 0 Å². The first-order valence-corrected chi connectivity index (χ1v) is 4.61. The number of aliphatic carboxylic acids is 1. The molecule has 0 saturated carbocycles. The van der Waals surface area contributed by atoms with Crippen LogP contribution in [0.2, 0.25) is 0 Å². The Balaban J connectivity index is 2.92. The van der Waals surface area contributed by atoms with E-state index in [-0.39, 0.29) is 5.91 Å². The van der Waals surface area contributed by atoms with E-state index < -0.39 is 11.9 Å². The van der Waals surface area contributed by atoms with E-state index in [4.69, 9.17) is 5.11 Å². The van der Waals surface area contributed by atoms with Gasteiger partial charge in [0.2, 0.25) is 5.91 Å². The van der Waals surface area contributed by atoms with E-state index in [0.717, 1.165) is 0 Å². The number of rotatable bonds is 3. The molecule has 0 bridgehead atoms. The molecule has 0 aliphatic carbocycles. The van der Waals surface area contributed by atoms with Crippen molar-refractivity contribution in [2.75, 3.05) is 5.32 Å². The summed E-state index contributed by atoms with van der Waals surface area (Å²) in [4.78, 5) is 21.5. The van der Waals surface area contributed by atoms with Crippen LogP contribution in [-0.2, 0) is 9.59 Å². The second kappa shape index (κ2) is 4.59. The first kappa shape index (κ1) is 11.2. The average molecular weight is 207 g/mol. The maximum Gasteiger partial charge on any atom is 0.310 e. The molecule has 0 unspecified atom stereocenters. The molecule has 0 fully saturated rings. The van der Waals surface area contributed by atoms with Crippen molar-refractivity contribution >= 4 is 17.6 Å². The second-order valence-electron chi connectivity index (χ2n) is 3.37. The fourth-order valence-electron chi connectivity index (χ4n) is 1.23. The standard InChI is InChI=1S/C11H13NO3/c1-7(11(14)15)9-4-3-5-10(6-9)12-8(2)13/h3-7H,1-2H3,(H,12,13)(H,14,15)/t7-/m0/s1. The summed E-state index contributed by atoms with van der Waals surface area (Å²) in [7, 11) is 0. The highest BCUT2D eigenvalue weighted by Crippen LogP contribution is 2.19. The summed E-state index contributed by atoms with van der Waals surface area (Å²) in [6, 6.07) is 6.84. The molecule has 0 aromatic heterocycles. The maximum absolute atomic E-state index is 10.8. The lowest BCUT2D eigenvalue weighted by Crippen LogP contribution is -2.09. The molecule has 2 N–H and O–H groups in total. The van der Waals surface area contributed by atoms with Gasteiger partial charge in [-0.3, -0.25) is 9.59 Å². The molecule has 4 nitrogen and oxygen atoms in total. The van der Waals surface area contributed by atoms with Crippen LogP contribution in [0.4, 0.5) is 5.69 Å². The zero-order valence-electron chi connectivity index (χ0n) is 8.65. The number of amides is 1. The highest BCUT2D eigenvalue weighted by atomic mass is 16.4. The molecule has 0 aliphatic heterocycles. The van der Waals surface area contributed by atoms with Gasteiger partial charge in [-0.1, -0.05) is 12.1 Å². The average Bonchev–Trinajstić information content (AvgIpc) is 2.16. The topological polar surface area (TPSA) is 66.4 Å². The SMILES string of the molecule is CC(=O)Nc1cccc([C@H](C)C(=O)O)c1. The molecule has 1 aromatic carbocycles. The number of hydrogen-bond acceptors (Lipinski definition) is 2. The third-order valence-electron chi connectivity index (χ3n) is 2.08. The van der Waals surface area contributed by atoms with Crippen LogP contribution >= 0.6 is 0 Å². The lowest BCUT2D eigenvalue weighted by Gasteiger charge is -2.08. The molecule has 1 amide bonds. The molecule has 1 aromatic rings. The summed E-state index contributed by atoms with van der Waals surface area (Å²) in [5.41, 5.74) is 1.29. The van der Waals surface area contributed by atoms with Crippen LogP contribution in [0.15, 0.2) is 24.3 Å². The maximum atomic E-state index is 10.8. The summed E-state index contributed by atoms with van der Waals surface area (Å²) < 4.78 is 0. The quantitative estimate of drug-likeness (QED) is 0.794. The summed E-state index contributed by atoms with van der Waals surface area (Å²) in [6.07, 6.45) is 0. The van der Waals surface area contributed by atoms with E-state index in [9.17, 15) is 9.59 Å². The molecule has 0 radical (unpaired) electrons. The Morgan fingerprint density at radius 1 is 1.40 bits per heavy atom. The van der Waals surface area contributed by atoms with E-state index in [1.54, 1.807) is 31.2 Å². The zero-order valence-corrected chi connectivity index (χ0v) is 8.65. The smallest absolute Gasteiger partial charge is 0.310 e. The molecule has 80 valence electrons. The van der Waals surface area contributed by atoms with Gasteiger partial charge in [0.1, 0.15) is 0 Å². The molecule has 0 saturated heterocycles. The Hall–Kier alpha value is -1.84. The van der Waals surface area contributed by atoms with Gasteiger partial charge in [0, 0.05) is 12.6 Å². The van der Waals surface area contributed by atoms with E-state index in [2.05, 4.69) is 5.32 Å². The Labute approximate surface area is 87.9 Å². The Bertz CT molecular complexity index is 387. The summed E-state index contributed by atoms with van der Waals surface area (Å²) >= 11 is 0. The van der Waals surface area contributed by atoms with Crippen molar-refractivity contribution in [2.45, 2.75) is 19.8 Å². The van der Waals surface area contributed by atoms with Gasteiger partial charge in [0.25, 0.3) is 0 Å². The van der Waals surface area contributed by atoms with Crippen molar-refractivity contribution in [3.63, 3.8) is 0 Å². The van der Waals surface area contributed by atoms with Crippen molar-refractivity contribution in [1.29, 1.82) is 0 Å². The summed E-state index contributed by atoms with van der Waals surface area (Å²) in [5, 5.41) is 11.4. The van der Waals surface area contributed by atoms with Crippen molar-refractivity contribution in [1.82, 2.24) is 0 Å². The van der Waals surface area contributed by atoms with Crippen LogP contribution in [-0.4, -0.2) is 17.0 Å². The second-order valence-corrected chi connectivity index (χ2v) is 3.37. The van der Waals surface area contributed by atoms with Gasteiger partial charge >= 0.3 is 5.97 Å². The summed E-state index contributed by atoms with van der Waals surface area (Å²) in [5.74, 6) is -1.62. The molecular weight excluding hydrogens is 194 g/mol. The molecule has 1 rings (SSSR count). The molecule has 1 atom stereocenters. The number of carboxylic acids is 1. The highest BCUT2D eigenvalue weighted by molar-refractivity contribution is 5.89. The molecular formula is C11H13NO3. The van der Waals surface area contributed by atoms with Crippen molar-refractivity contribution in [3.8, 4) is 0 Å². The molecule has 0 heterocycles. The number of carbonyl (C=O) groups excluding carboxylic acids is 1. The van der Waals surface area contributed by atoms with Crippen LogP contribution < -0.4 is 5.32 Å². The number of anilines is 1. The number of carboxylic acid groups (broad SMARTS) is 1. The third-order valence-corrected chi connectivity index (χ3v) is 2.08. The van der Waals surface area contributed by atoms with Gasteiger partial charge in [0.15, 0.2) is 0 Å². The van der Waals surface area contributed by atoms with Crippen LogP contribution in [0.5, 0.6) is 0 Å². The fraction of sp³-hybridized carbons (Fsp3) is 0.273. The predicted octanol–water partition coefficient (Wildman–Crippen LogP) is 1.83. The van der Waals surface area contributed by atoms with Crippen LogP contribution in [0.1, 0.15) is 25.3 Å². The molecule has 0 spiro atoms. The van der Waals surface area contributed by atoms with Crippen LogP contribution in [0.25, 0.3) is 0 Å². The normalized spacial score (nSPS) is 11.9. The lowest BCUT2D eigenvalue weighted by molar-refractivity contribution is -0.138. The monoisotopic (exact) mass is 207 g/mol. The van der Waals surface area contributed by atoms with E-state index in [1.807, 2.05) is 0 Å². The Morgan fingerprint density at radius 3 is 2.60 bits per heavy atom. The van der Waals surface area contributed by atoms with Gasteiger partial charge in [-0.05, 0) is 24.6 Å². The van der Waals surface area contributed by atoms with Crippen molar-refractivity contribution in [2.24, 2.45) is 0 Å². The number of hydrogen-bond donors (Lipinski definition) is 2. The largest absolute Gasteiger partial charge is 0.481 e. The molecule has 4 heteroatoms. The molecule has 0 aliphatic rings. The predicted molar refractivity (Wildman–Crippen MR) is 56.8 cm³/mol. The number of carbonyl (C=O) groups is 2. The van der Waals surface area contributed by atoms with Gasteiger partial charge in [-0.15, -0.1) is 0 Å². The minimum absolute atomic E-state index is 0.171. The zero-order chi connectivity index (χ0) is 11.4. The lowest BCUT2D eigenvalue weighted by atomic mass is 10.0. The van der Waals surface area contributed by atoms with Gasteiger partial charge < -0.3 is 10.4 Å². The first-order valence-electron chi connectivity index (χ1n) is 4.61. The minimum atomic E-state index is -0.880. The highest BCUT2D eigenvalue weighted by Gasteiger charge is 2.13. The van der Waals surface area contributed by atoms with Crippen molar-refractivity contribution in [3.05, 3.63) is 29.8 Å². The van der Waals surface area contributed by atoms with Gasteiger partial charge in [-0.2, -0.15) is 0 Å². The Morgan fingerprint density at radius 2 is 2.07 bits per heavy atom. The van der Waals surface area contributed by atoms with Crippen molar-refractivity contribution < 1.29 is 14.7 Å². The van der Waals surface area contributed by atoms with E-state index in [1.165, 1.54) is 6.92 Å². The fourth-order valence-corrected chi connectivity index (χ4v) is 1.23. The summed E-state index contributed by atoms with van der Waals surface area (Å²) in [6.45, 7) is 3.02. The van der Waals surface area contributed by atoms with Gasteiger partial charge in [0.05, 0.1) is 5.92 Å². The number of benzene rings is 1. The van der Waals surface area contributed by atoms with E-state index in [0.29, 0.717) is 11.3 Å². The van der Waals surface area contributed by atoms with Gasteiger partial charge in [-0.25, -0.2) is 0 Å². The van der Waals surface area contributed by atoms with E-state index >= 15 is 0 Å². The number of nitrogens with one attached hydrogen (secondary N) is 1. The molecule has 15 heavy (non-hydrogen) atoms. The third kappa shape index (κ3) is 3.09. The Kier molecular flexibility index (Phi) is 3.44.